The van der Waals surface area contributed by atoms with Gasteiger partial charge in [-0.1, -0.05) is 11.6 Å². The number of nitrogens with zero attached hydrogens (tertiary/aromatic N) is 3. The predicted octanol–water partition coefficient (Wildman–Crippen LogP) is 2.41. The first kappa shape index (κ1) is 19.1. The molecule has 2 aromatic rings. The lowest BCUT2D eigenvalue weighted by Crippen LogP contribution is -2.50. The highest BCUT2D eigenvalue weighted by Gasteiger charge is 2.28. The number of nitrogens with one attached hydrogen (secondary N) is 1. The van der Waals surface area contributed by atoms with Crippen molar-refractivity contribution in [2.24, 2.45) is 0 Å². The summed E-state index contributed by atoms with van der Waals surface area (Å²) >= 11 is 0. The van der Waals surface area contributed by atoms with E-state index in [1.807, 2.05) is 32.1 Å². The summed E-state index contributed by atoms with van der Waals surface area (Å²) in [4.78, 5) is 25.1. The summed E-state index contributed by atoms with van der Waals surface area (Å²) in [5, 5.41) is 2.98. The number of carbonyl (C=O) groups excluding carboxylic acids is 1. The van der Waals surface area contributed by atoms with Gasteiger partial charge in [-0.3, -0.25) is 9.78 Å². The normalized spacial score (nSPS) is 19.3. The topological polar surface area (TPSA) is 86.2 Å². The maximum Gasteiger partial charge on any atom is 0.254 e. The van der Waals surface area contributed by atoms with Crippen LogP contribution in [0.2, 0.25) is 0 Å². The van der Waals surface area contributed by atoms with E-state index in [4.69, 9.17) is 9.47 Å². The lowest BCUT2D eigenvalue weighted by molar-refractivity contribution is -0.0457. The Bertz CT molecular complexity index is 774. The summed E-state index contributed by atoms with van der Waals surface area (Å²) in [6, 6.07) is 3.45. The van der Waals surface area contributed by atoms with Crippen LogP contribution < -0.4 is 5.32 Å². The largest absolute Gasteiger partial charge is 0.379 e. The van der Waals surface area contributed by atoms with Gasteiger partial charge in [0.25, 0.3) is 5.91 Å². The van der Waals surface area contributed by atoms with Crippen LogP contribution in [0.4, 0.5) is 0 Å². The fourth-order valence-electron chi connectivity index (χ4n) is 2.74. The van der Waals surface area contributed by atoms with Crippen molar-refractivity contribution < 1.29 is 14.3 Å². The fraction of sp³-hybridized carbons (Fsp3) is 0.400. The van der Waals surface area contributed by atoms with Gasteiger partial charge in [-0.25, -0.2) is 9.97 Å². The molecule has 1 saturated heterocycles. The second-order valence-corrected chi connectivity index (χ2v) is 6.63. The predicted molar refractivity (Wildman–Crippen MR) is 101 cm³/mol. The Kier molecular flexibility index (Phi) is 6.62. The summed E-state index contributed by atoms with van der Waals surface area (Å²) in [6.45, 7) is 5.66. The standard InChI is InChI=1S/C20H24N4O3/c1-14(2)5-10-27-18-6-9-26-13-17(18)24-20(25)16-11-22-19(23-12-16)15-3-7-21-8-4-15/h3-5,7-8,11-12,17-18H,6,9-10,13H2,1-2H3,(H,24,25)/t17-,18+/m1/s1. The molecule has 7 heteroatoms. The molecule has 2 atom stereocenters. The Hall–Kier alpha value is -2.64. The molecular formula is C20H24N4O3. The third kappa shape index (κ3) is 5.42. The van der Waals surface area contributed by atoms with Crippen molar-refractivity contribution in [1.82, 2.24) is 20.3 Å². The fourth-order valence-corrected chi connectivity index (χ4v) is 2.74. The average molecular weight is 368 g/mol. The van der Waals surface area contributed by atoms with Crippen LogP contribution in [0, 0.1) is 0 Å². The number of pyridine rings is 1. The van der Waals surface area contributed by atoms with Crippen molar-refractivity contribution in [2.45, 2.75) is 32.4 Å². The van der Waals surface area contributed by atoms with Gasteiger partial charge in [0.1, 0.15) is 0 Å². The third-order valence-electron chi connectivity index (χ3n) is 4.26. The van der Waals surface area contributed by atoms with Crippen LogP contribution in [0.5, 0.6) is 0 Å². The van der Waals surface area contributed by atoms with Crippen molar-refractivity contribution in [3.63, 3.8) is 0 Å². The molecule has 3 heterocycles. The average Bonchev–Trinajstić information content (AvgIpc) is 2.70. The van der Waals surface area contributed by atoms with Crippen LogP contribution >= 0.6 is 0 Å². The summed E-state index contributed by atoms with van der Waals surface area (Å²) in [5.74, 6) is 0.320. The van der Waals surface area contributed by atoms with Gasteiger partial charge in [0.15, 0.2) is 5.82 Å². The molecule has 0 aromatic carbocycles. The molecule has 1 fully saturated rings. The van der Waals surface area contributed by atoms with Gasteiger partial charge in [-0.05, 0) is 32.4 Å². The Balaban J connectivity index is 1.62. The first-order chi connectivity index (χ1) is 13.1. The minimum absolute atomic E-state index is 0.0738. The molecule has 1 N–H and O–H groups in total. The molecule has 142 valence electrons. The van der Waals surface area contributed by atoms with Crippen LogP contribution in [0.3, 0.4) is 0 Å². The van der Waals surface area contributed by atoms with Crippen LogP contribution in [-0.4, -0.2) is 52.8 Å². The highest BCUT2D eigenvalue weighted by molar-refractivity contribution is 5.94. The SMILES string of the molecule is CC(C)=CCO[C@H]1CCOC[C@H]1NC(=O)c1cnc(-c2ccncc2)nc1. The lowest BCUT2D eigenvalue weighted by atomic mass is 10.1. The van der Waals surface area contributed by atoms with Crippen molar-refractivity contribution >= 4 is 5.91 Å². The van der Waals surface area contributed by atoms with E-state index >= 15 is 0 Å². The van der Waals surface area contributed by atoms with E-state index in [-0.39, 0.29) is 18.1 Å². The molecule has 7 nitrogen and oxygen atoms in total. The Morgan fingerprint density at radius 3 is 2.74 bits per heavy atom. The Morgan fingerprint density at radius 2 is 2.04 bits per heavy atom. The molecule has 27 heavy (non-hydrogen) atoms. The van der Waals surface area contributed by atoms with E-state index in [0.29, 0.717) is 31.2 Å². The van der Waals surface area contributed by atoms with Crippen LogP contribution in [0.1, 0.15) is 30.6 Å². The Labute approximate surface area is 158 Å². The molecule has 0 radical (unpaired) electrons. The monoisotopic (exact) mass is 368 g/mol. The second-order valence-electron chi connectivity index (χ2n) is 6.63. The molecule has 3 rings (SSSR count). The number of hydrogen-bond donors (Lipinski definition) is 1. The van der Waals surface area contributed by atoms with E-state index in [1.165, 1.54) is 18.0 Å². The molecule has 2 aromatic heterocycles. The zero-order valence-electron chi connectivity index (χ0n) is 15.6. The molecule has 1 amide bonds. The summed E-state index contributed by atoms with van der Waals surface area (Å²) in [6.07, 6.45) is 9.12. The van der Waals surface area contributed by atoms with E-state index < -0.39 is 0 Å². The van der Waals surface area contributed by atoms with E-state index in [9.17, 15) is 4.79 Å². The molecule has 0 spiro atoms. The van der Waals surface area contributed by atoms with Gasteiger partial charge in [-0.15, -0.1) is 0 Å². The zero-order valence-corrected chi connectivity index (χ0v) is 15.6. The highest BCUT2D eigenvalue weighted by Crippen LogP contribution is 2.15. The number of hydrogen-bond acceptors (Lipinski definition) is 6. The van der Waals surface area contributed by atoms with Gasteiger partial charge in [0.05, 0.1) is 30.9 Å². The zero-order chi connectivity index (χ0) is 19.1. The first-order valence-corrected chi connectivity index (χ1v) is 8.99. The number of carbonyl (C=O) groups is 1. The number of aromatic nitrogens is 3. The van der Waals surface area contributed by atoms with Crippen molar-refractivity contribution in [3.05, 3.63) is 54.1 Å². The first-order valence-electron chi connectivity index (χ1n) is 8.99. The lowest BCUT2D eigenvalue weighted by Gasteiger charge is -2.31. The number of amides is 1. The van der Waals surface area contributed by atoms with Gasteiger partial charge >= 0.3 is 0 Å². The van der Waals surface area contributed by atoms with Crippen LogP contribution in [0.15, 0.2) is 48.6 Å². The highest BCUT2D eigenvalue weighted by atomic mass is 16.5. The van der Waals surface area contributed by atoms with Crippen molar-refractivity contribution in [3.8, 4) is 11.4 Å². The van der Waals surface area contributed by atoms with E-state index in [2.05, 4.69) is 20.3 Å². The summed E-state index contributed by atoms with van der Waals surface area (Å²) in [5.41, 5.74) is 2.46. The smallest absolute Gasteiger partial charge is 0.254 e. The minimum atomic E-state index is -0.234. The molecule has 0 unspecified atom stereocenters. The number of allylic oxidation sites excluding steroid dienone is 1. The third-order valence-corrected chi connectivity index (χ3v) is 4.26. The second kappa shape index (κ2) is 9.34. The van der Waals surface area contributed by atoms with Crippen molar-refractivity contribution in [2.75, 3.05) is 19.8 Å². The molecular weight excluding hydrogens is 344 g/mol. The summed E-state index contributed by atoms with van der Waals surface area (Å²) < 4.78 is 11.4. The molecule has 0 saturated carbocycles. The molecule has 1 aliphatic rings. The maximum atomic E-state index is 12.6. The van der Waals surface area contributed by atoms with Gasteiger partial charge < -0.3 is 14.8 Å². The summed E-state index contributed by atoms with van der Waals surface area (Å²) in [7, 11) is 0. The van der Waals surface area contributed by atoms with Gasteiger partial charge in [0, 0.05) is 37.0 Å². The molecule has 0 aliphatic carbocycles. The molecule has 0 bridgehead atoms. The molecule has 1 aliphatic heterocycles. The van der Waals surface area contributed by atoms with E-state index in [0.717, 1.165) is 12.0 Å². The number of rotatable bonds is 6. The van der Waals surface area contributed by atoms with E-state index in [1.54, 1.807) is 12.4 Å². The van der Waals surface area contributed by atoms with Gasteiger partial charge in [-0.2, -0.15) is 0 Å². The quantitative estimate of drug-likeness (QED) is 0.788. The van der Waals surface area contributed by atoms with Crippen LogP contribution in [0.25, 0.3) is 11.4 Å². The number of ether oxygens (including phenoxy) is 2. The maximum absolute atomic E-state index is 12.6. The van der Waals surface area contributed by atoms with Crippen molar-refractivity contribution in [1.29, 1.82) is 0 Å². The van der Waals surface area contributed by atoms with Crippen LogP contribution in [-0.2, 0) is 9.47 Å². The Morgan fingerprint density at radius 1 is 1.30 bits per heavy atom. The van der Waals surface area contributed by atoms with Gasteiger partial charge in [0.2, 0.25) is 0 Å². The minimum Gasteiger partial charge on any atom is -0.379 e.